The third-order valence-electron chi connectivity index (χ3n) is 4.76. The number of piperazine rings is 1. The first-order valence-corrected chi connectivity index (χ1v) is 11.7. The molecule has 33 heavy (non-hydrogen) atoms. The van der Waals surface area contributed by atoms with Crippen molar-refractivity contribution >= 4 is 51.5 Å². The molecule has 14 heteroatoms. The fraction of sp³-hybridized carbons (Fsp3) is 0.316. The summed E-state index contributed by atoms with van der Waals surface area (Å²) in [5.74, 6) is 0.678. The van der Waals surface area contributed by atoms with Gasteiger partial charge in [-0.05, 0) is 13.0 Å². The maximum atomic E-state index is 12.7. The Labute approximate surface area is 196 Å². The summed E-state index contributed by atoms with van der Waals surface area (Å²) in [6.45, 7) is 3.79. The number of non-ortho nitro benzene ring substituents is 1. The van der Waals surface area contributed by atoms with Gasteiger partial charge in [-0.3, -0.25) is 19.7 Å². The quantitative estimate of drug-likeness (QED) is 0.298. The SMILES string of the molecule is Cc1cc(NC(=O)CSc2nnc(N3CCN(C(=O)c4cccc([N+](=O)[O-])c4)CC3)s2)no1. The van der Waals surface area contributed by atoms with Crippen LogP contribution in [0.3, 0.4) is 0 Å². The zero-order chi connectivity index (χ0) is 23.4. The number of nitro groups is 1. The van der Waals surface area contributed by atoms with Crippen LogP contribution in [0.15, 0.2) is 39.2 Å². The van der Waals surface area contributed by atoms with E-state index in [4.69, 9.17) is 4.52 Å². The number of nitrogens with zero attached hydrogens (tertiary/aromatic N) is 6. The van der Waals surface area contributed by atoms with Crippen molar-refractivity contribution in [2.45, 2.75) is 11.3 Å². The molecular weight excluding hydrogens is 470 g/mol. The molecule has 0 bridgehead atoms. The molecule has 1 aliphatic heterocycles. The molecule has 12 nitrogen and oxygen atoms in total. The third-order valence-corrected chi connectivity index (χ3v) is 6.88. The van der Waals surface area contributed by atoms with E-state index in [1.165, 1.54) is 41.3 Å². The molecule has 3 heterocycles. The fourth-order valence-corrected chi connectivity index (χ4v) is 4.85. The largest absolute Gasteiger partial charge is 0.360 e. The van der Waals surface area contributed by atoms with Gasteiger partial charge < -0.3 is 19.6 Å². The van der Waals surface area contributed by atoms with Crippen molar-refractivity contribution < 1.29 is 19.0 Å². The number of hydrogen-bond donors (Lipinski definition) is 1. The highest BCUT2D eigenvalue weighted by Crippen LogP contribution is 2.29. The van der Waals surface area contributed by atoms with E-state index in [9.17, 15) is 19.7 Å². The van der Waals surface area contributed by atoms with Crippen molar-refractivity contribution in [3.63, 3.8) is 0 Å². The maximum absolute atomic E-state index is 12.7. The van der Waals surface area contributed by atoms with E-state index in [0.29, 0.717) is 52.8 Å². The Kier molecular flexibility index (Phi) is 6.84. The summed E-state index contributed by atoms with van der Waals surface area (Å²) in [4.78, 5) is 38.9. The summed E-state index contributed by atoms with van der Waals surface area (Å²) in [6, 6.07) is 7.38. The second-order valence-electron chi connectivity index (χ2n) is 7.10. The van der Waals surface area contributed by atoms with Crippen LogP contribution in [0, 0.1) is 17.0 Å². The number of anilines is 2. The summed E-state index contributed by atoms with van der Waals surface area (Å²) in [5.41, 5.74) is 0.189. The predicted molar refractivity (Wildman–Crippen MR) is 122 cm³/mol. The van der Waals surface area contributed by atoms with Gasteiger partial charge in [-0.25, -0.2) is 0 Å². The highest BCUT2D eigenvalue weighted by Gasteiger charge is 2.25. The van der Waals surface area contributed by atoms with Gasteiger partial charge in [0.25, 0.3) is 11.6 Å². The molecule has 1 aromatic carbocycles. The second kappa shape index (κ2) is 9.95. The summed E-state index contributed by atoms with van der Waals surface area (Å²) in [7, 11) is 0. The standard InChI is InChI=1S/C19H19N7O5S2/c1-12-9-15(23-31-12)20-16(27)11-32-19-22-21-18(33-19)25-7-5-24(6-8-25)17(28)13-3-2-4-14(10-13)26(29)30/h2-4,9-10H,5-8,11H2,1H3,(H,20,23,27). The zero-order valence-corrected chi connectivity index (χ0v) is 19.1. The Morgan fingerprint density at radius 2 is 2.03 bits per heavy atom. The number of nitrogens with one attached hydrogen (secondary N) is 1. The van der Waals surface area contributed by atoms with Gasteiger partial charge in [0.15, 0.2) is 10.2 Å². The van der Waals surface area contributed by atoms with Crippen LogP contribution < -0.4 is 10.2 Å². The molecule has 1 aliphatic rings. The van der Waals surface area contributed by atoms with Crippen LogP contribution >= 0.6 is 23.1 Å². The Balaban J connectivity index is 1.27. The van der Waals surface area contributed by atoms with Crippen molar-refractivity contribution in [1.82, 2.24) is 20.3 Å². The van der Waals surface area contributed by atoms with E-state index < -0.39 is 4.92 Å². The number of aryl methyl sites for hydroxylation is 1. The van der Waals surface area contributed by atoms with Crippen LogP contribution in [0.25, 0.3) is 0 Å². The van der Waals surface area contributed by atoms with Gasteiger partial charge in [-0.15, -0.1) is 10.2 Å². The number of benzene rings is 1. The molecule has 0 aliphatic carbocycles. The van der Waals surface area contributed by atoms with Gasteiger partial charge in [0.2, 0.25) is 11.0 Å². The smallest absolute Gasteiger partial charge is 0.270 e. The minimum atomic E-state index is -0.515. The first-order valence-electron chi connectivity index (χ1n) is 9.87. The van der Waals surface area contributed by atoms with E-state index >= 15 is 0 Å². The average Bonchev–Trinajstić information content (AvgIpc) is 3.46. The van der Waals surface area contributed by atoms with Gasteiger partial charge in [0.1, 0.15) is 5.76 Å². The minimum absolute atomic E-state index is 0.108. The highest BCUT2D eigenvalue weighted by atomic mass is 32.2. The van der Waals surface area contributed by atoms with Crippen molar-refractivity contribution in [1.29, 1.82) is 0 Å². The zero-order valence-electron chi connectivity index (χ0n) is 17.5. The molecule has 4 rings (SSSR count). The topological polar surface area (TPSA) is 148 Å². The Morgan fingerprint density at radius 3 is 2.73 bits per heavy atom. The van der Waals surface area contributed by atoms with Crippen molar-refractivity contribution in [3.05, 3.63) is 51.8 Å². The molecule has 1 saturated heterocycles. The average molecular weight is 490 g/mol. The molecule has 0 unspecified atom stereocenters. The number of nitro benzene ring substituents is 1. The van der Waals surface area contributed by atoms with Crippen LogP contribution in [-0.2, 0) is 4.79 Å². The number of carbonyl (C=O) groups excluding carboxylic acids is 2. The summed E-state index contributed by atoms with van der Waals surface area (Å²) < 4.78 is 5.57. The van der Waals surface area contributed by atoms with Crippen molar-refractivity contribution in [2.24, 2.45) is 0 Å². The highest BCUT2D eigenvalue weighted by molar-refractivity contribution is 8.01. The molecule has 0 atom stereocenters. The lowest BCUT2D eigenvalue weighted by molar-refractivity contribution is -0.384. The van der Waals surface area contributed by atoms with Gasteiger partial charge in [0, 0.05) is 49.9 Å². The summed E-state index contributed by atoms with van der Waals surface area (Å²) in [5, 5.41) is 26.4. The lowest BCUT2D eigenvalue weighted by atomic mass is 10.1. The Hall–Kier alpha value is -3.52. The maximum Gasteiger partial charge on any atom is 0.270 e. The molecule has 172 valence electrons. The molecule has 0 radical (unpaired) electrons. The molecule has 1 fully saturated rings. The van der Waals surface area contributed by atoms with Crippen molar-refractivity contribution in [2.75, 3.05) is 42.1 Å². The van der Waals surface area contributed by atoms with Gasteiger partial charge in [0.05, 0.1) is 10.7 Å². The molecule has 3 aromatic rings. The number of rotatable bonds is 7. The molecular formula is C19H19N7O5S2. The van der Waals surface area contributed by atoms with E-state index in [-0.39, 0.29) is 23.3 Å². The second-order valence-corrected chi connectivity index (χ2v) is 9.28. The fourth-order valence-electron chi connectivity index (χ4n) is 3.16. The van der Waals surface area contributed by atoms with Crippen LogP contribution in [0.4, 0.5) is 16.6 Å². The Bertz CT molecular complexity index is 1170. The number of aromatic nitrogens is 3. The van der Waals surface area contributed by atoms with E-state index in [1.54, 1.807) is 24.0 Å². The summed E-state index contributed by atoms with van der Waals surface area (Å²) in [6.07, 6.45) is 0. The Morgan fingerprint density at radius 1 is 1.24 bits per heavy atom. The normalized spacial score (nSPS) is 13.7. The number of amides is 2. The van der Waals surface area contributed by atoms with Crippen LogP contribution in [0.5, 0.6) is 0 Å². The molecule has 0 spiro atoms. The molecule has 2 amide bonds. The van der Waals surface area contributed by atoms with Crippen LogP contribution in [0.1, 0.15) is 16.1 Å². The summed E-state index contributed by atoms with van der Waals surface area (Å²) >= 11 is 2.65. The lowest BCUT2D eigenvalue weighted by Crippen LogP contribution is -2.48. The van der Waals surface area contributed by atoms with Crippen LogP contribution in [0.2, 0.25) is 0 Å². The van der Waals surface area contributed by atoms with Crippen LogP contribution in [-0.4, -0.2) is 68.9 Å². The lowest BCUT2D eigenvalue weighted by Gasteiger charge is -2.34. The number of hydrogen-bond acceptors (Lipinski definition) is 11. The molecule has 0 saturated carbocycles. The van der Waals surface area contributed by atoms with E-state index in [1.807, 2.05) is 4.90 Å². The molecule has 2 aromatic heterocycles. The van der Waals surface area contributed by atoms with Crippen molar-refractivity contribution in [3.8, 4) is 0 Å². The van der Waals surface area contributed by atoms with Gasteiger partial charge in [-0.1, -0.05) is 34.3 Å². The van der Waals surface area contributed by atoms with E-state index in [2.05, 4.69) is 20.7 Å². The monoisotopic (exact) mass is 489 g/mol. The number of thioether (sulfide) groups is 1. The first-order chi connectivity index (χ1) is 15.9. The number of carbonyl (C=O) groups is 2. The minimum Gasteiger partial charge on any atom is -0.360 e. The third kappa shape index (κ3) is 5.64. The van der Waals surface area contributed by atoms with Gasteiger partial charge in [-0.2, -0.15) is 0 Å². The predicted octanol–water partition coefficient (Wildman–Crippen LogP) is 2.44. The van der Waals surface area contributed by atoms with Gasteiger partial charge >= 0.3 is 0 Å². The molecule has 1 N–H and O–H groups in total. The first kappa shape index (κ1) is 22.7. The van der Waals surface area contributed by atoms with E-state index in [0.717, 1.165) is 0 Å².